The normalized spacial score (nSPS) is 10.6. The van der Waals surface area contributed by atoms with E-state index < -0.39 is 17.5 Å². The number of aromatic nitrogens is 3. The van der Waals surface area contributed by atoms with Crippen LogP contribution in [-0.2, 0) is 0 Å². The Morgan fingerprint density at radius 3 is 2.35 bits per heavy atom. The third kappa shape index (κ3) is 2.14. The zero-order chi connectivity index (χ0) is 12.6. The number of nitrogens with two attached hydrogens (primary N) is 1. The van der Waals surface area contributed by atoms with E-state index in [0.717, 1.165) is 12.1 Å². The largest absolute Gasteiger partial charge is 0.368 e. The SMILES string of the molecule is Nc1nc(Cl)nc(-c2ccc(F)c(F)c2F)n1. The van der Waals surface area contributed by atoms with Gasteiger partial charge in [-0.2, -0.15) is 15.0 Å². The van der Waals surface area contributed by atoms with Crippen LogP contribution in [0.3, 0.4) is 0 Å². The maximum Gasteiger partial charge on any atom is 0.227 e. The zero-order valence-corrected chi connectivity index (χ0v) is 8.84. The molecule has 0 saturated heterocycles. The molecule has 2 rings (SSSR count). The first kappa shape index (κ1) is 11.6. The molecule has 0 bridgehead atoms. The number of halogens is 4. The molecule has 4 nitrogen and oxygen atoms in total. The molecule has 0 aliphatic heterocycles. The number of nitrogens with zero attached hydrogens (tertiary/aromatic N) is 3. The number of benzene rings is 1. The lowest BCUT2D eigenvalue weighted by Gasteiger charge is -2.04. The van der Waals surface area contributed by atoms with E-state index in [0.29, 0.717) is 0 Å². The fourth-order valence-electron chi connectivity index (χ4n) is 1.18. The van der Waals surface area contributed by atoms with E-state index in [1.807, 2.05) is 0 Å². The van der Waals surface area contributed by atoms with Gasteiger partial charge in [-0.05, 0) is 23.7 Å². The van der Waals surface area contributed by atoms with Crippen LogP contribution in [0.2, 0.25) is 5.28 Å². The van der Waals surface area contributed by atoms with E-state index in [2.05, 4.69) is 15.0 Å². The van der Waals surface area contributed by atoms with Crippen LogP contribution in [0.5, 0.6) is 0 Å². The van der Waals surface area contributed by atoms with Crippen LogP contribution >= 0.6 is 11.6 Å². The predicted octanol–water partition coefficient (Wildman–Crippen LogP) is 2.19. The fraction of sp³-hybridized carbons (Fsp3) is 0. The van der Waals surface area contributed by atoms with Gasteiger partial charge in [0.25, 0.3) is 0 Å². The van der Waals surface area contributed by atoms with Gasteiger partial charge in [-0.1, -0.05) is 0 Å². The standard InChI is InChI=1S/C9H4ClF3N4/c10-8-15-7(16-9(14)17-8)3-1-2-4(11)6(13)5(3)12/h1-2H,(H2,14,15,16,17). The minimum absolute atomic E-state index is 0.246. The average Bonchev–Trinajstić information content (AvgIpc) is 2.24. The molecule has 0 spiro atoms. The summed E-state index contributed by atoms with van der Waals surface area (Å²) >= 11 is 5.49. The van der Waals surface area contributed by atoms with E-state index in [1.165, 1.54) is 0 Å². The van der Waals surface area contributed by atoms with Gasteiger partial charge >= 0.3 is 0 Å². The van der Waals surface area contributed by atoms with Crippen LogP contribution in [0.15, 0.2) is 12.1 Å². The minimum Gasteiger partial charge on any atom is -0.368 e. The molecule has 0 amide bonds. The monoisotopic (exact) mass is 260 g/mol. The van der Waals surface area contributed by atoms with Crippen molar-refractivity contribution in [3.8, 4) is 11.4 Å². The van der Waals surface area contributed by atoms with Crippen LogP contribution in [0.25, 0.3) is 11.4 Å². The van der Waals surface area contributed by atoms with Crippen molar-refractivity contribution in [3.63, 3.8) is 0 Å². The highest BCUT2D eigenvalue weighted by Gasteiger charge is 2.17. The van der Waals surface area contributed by atoms with Crippen molar-refractivity contribution >= 4 is 17.5 Å². The van der Waals surface area contributed by atoms with Crippen LogP contribution in [0.4, 0.5) is 19.1 Å². The first-order valence-corrected chi connectivity index (χ1v) is 4.67. The van der Waals surface area contributed by atoms with Gasteiger partial charge in [-0.3, -0.25) is 0 Å². The Morgan fingerprint density at radius 1 is 1.00 bits per heavy atom. The average molecular weight is 261 g/mol. The van der Waals surface area contributed by atoms with Crippen molar-refractivity contribution in [2.24, 2.45) is 0 Å². The van der Waals surface area contributed by atoms with Gasteiger partial charge in [0.05, 0.1) is 5.56 Å². The van der Waals surface area contributed by atoms with E-state index in [4.69, 9.17) is 17.3 Å². The second-order valence-electron chi connectivity index (χ2n) is 3.01. The van der Waals surface area contributed by atoms with Gasteiger partial charge in [0, 0.05) is 0 Å². The summed E-state index contributed by atoms with van der Waals surface area (Å²) in [5.74, 6) is -4.84. The molecule has 0 saturated carbocycles. The summed E-state index contributed by atoms with van der Waals surface area (Å²) in [6.45, 7) is 0. The number of anilines is 1. The summed E-state index contributed by atoms with van der Waals surface area (Å²) in [6.07, 6.45) is 0. The fourth-order valence-corrected chi connectivity index (χ4v) is 1.35. The summed E-state index contributed by atoms with van der Waals surface area (Å²) in [5.41, 5.74) is 4.93. The Balaban J connectivity index is 2.64. The molecule has 2 N–H and O–H groups in total. The van der Waals surface area contributed by atoms with Gasteiger partial charge in [-0.15, -0.1) is 0 Å². The quantitative estimate of drug-likeness (QED) is 0.798. The minimum atomic E-state index is -1.61. The van der Waals surface area contributed by atoms with Crippen LogP contribution in [-0.4, -0.2) is 15.0 Å². The Kier molecular flexibility index (Phi) is 2.84. The molecule has 8 heteroatoms. The van der Waals surface area contributed by atoms with Gasteiger partial charge in [0.1, 0.15) is 0 Å². The lowest BCUT2D eigenvalue weighted by molar-refractivity contribution is 0.448. The van der Waals surface area contributed by atoms with E-state index in [1.54, 1.807) is 0 Å². The first-order valence-electron chi connectivity index (χ1n) is 4.30. The Hall–Kier alpha value is -1.89. The van der Waals surface area contributed by atoms with Gasteiger partial charge in [0.15, 0.2) is 23.3 Å². The smallest absolute Gasteiger partial charge is 0.227 e. The molecular weight excluding hydrogens is 257 g/mol. The lowest BCUT2D eigenvalue weighted by atomic mass is 10.2. The number of hydrogen-bond donors (Lipinski definition) is 1. The number of rotatable bonds is 1. The summed E-state index contributed by atoms with van der Waals surface area (Å²) in [5, 5.41) is -0.267. The van der Waals surface area contributed by atoms with E-state index >= 15 is 0 Å². The summed E-state index contributed by atoms with van der Waals surface area (Å²) in [7, 11) is 0. The van der Waals surface area contributed by atoms with Gasteiger partial charge < -0.3 is 5.73 Å². The number of nitrogen functional groups attached to an aromatic ring is 1. The predicted molar refractivity (Wildman–Crippen MR) is 54.6 cm³/mol. The van der Waals surface area contributed by atoms with E-state index in [-0.39, 0.29) is 22.6 Å². The second-order valence-corrected chi connectivity index (χ2v) is 3.35. The molecule has 17 heavy (non-hydrogen) atoms. The highest BCUT2D eigenvalue weighted by molar-refractivity contribution is 6.28. The first-order chi connectivity index (χ1) is 7.99. The third-order valence-corrected chi connectivity index (χ3v) is 2.07. The van der Waals surface area contributed by atoms with Crippen molar-refractivity contribution in [3.05, 3.63) is 34.9 Å². The molecule has 0 aliphatic rings. The van der Waals surface area contributed by atoms with Crippen molar-refractivity contribution < 1.29 is 13.2 Å². The molecule has 88 valence electrons. The van der Waals surface area contributed by atoms with Crippen molar-refractivity contribution in [1.29, 1.82) is 0 Å². The molecule has 0 radical (unpaired) electrons. The summed E-state index contributed by atoms with van der Waals surface area (Å²) in [4.78, 5) is 10.6. The molecule has 1 aromatic carbocycles. The maximum absolute atomic E-state index is 13.4. The van der Waals surface area contributed by atoms with E-state index in [9.17, 15) is 13.2 Å². The molecule has 0 aliphatic carbocycles. The van der Waals surface area contributed by atoms with Crippen molar-refractivity contribution in [1.82, 2.24) is 15.0 Å². The van der Waals surface area contributed by atoms with Gasteiger partial charge in [-0.25, -0.2) is 13.2 Å². The molecule has 0 unspecified atom stereocenters. The third-order valence-electron chi connectivity index (χ3n) is 1.90. The highest BCUT2D eigenvalue weighted by atomic mass is 35.5. The molecule has 2 aromatic rings. The molecule has 1 aromatic heterocycles. The summed E-state index contributed by atoms with van der Waals surface area (Å²) in [6, 6.07) is 1.74. The second kappa shape index (κ2) is 4.17. The molecular formula is C9H4ClF3N4. The van der Waals surface area contributed by atoms with Gasteiger partial charge in [0.2, 0.25) is 11.2 Å². The van der Waals surface area contributed by atoms with Crippen LogP contribution < -0.4 is 5.73 Å². The van der Waals surface area contributed by atoms with Crippen LogP contribution in [0.1, 0.15) is 0 Å². The molecule has 0 fully saturated rings. The Morgan fingerprint density at radius 2 is 1.71 bits per heavy atom. The maximum atomic E-state index is 13.4. The van der Waals surface area contributed by atoms with Crippen LogP contribution in [0, 0.1) is 17.5 Å². The zero-order valence-electron chi connectivity index (χ0n) is 8.09. The molecule has 1 heterocycles. The molecule has 0 atom stereocenters. The van der Waals surface area contributed by atoms with Crippen molar-refractivity contribution in [2.75, 3.05) is 5.73 Å². The Labute approximate surface area is 98.3 Å². The highest BCUT2D eigenvalue weighted by Crippen LogP contribution is 2.24. The topological polar surface area (TPSA) is 64.7 Å². The van der Waals surface area contributed by atoms with Crippen molar-refractivity contribution in [2.45, 2.75) is 0 Å². The Bertz CT molecular complexity index is 570. The number of hydrogen-bond acceptors (Lipinski definition) is 4. The lowest BCUT2D eigenvalue weighted by Crippen LogP contribution is -2.02. The summed E-state index contributed by atoms with van der Waals surface area (Å²) < 4.78 is 39.1.